The molecule has 154 valence electrons. The van der Waals surface area contributed by atoms with E-state index in [0.29, 0.717) is 11.8 Å². The number of unbranched alkanes of at least 4 members (excludes halogenated alkanes) is 2. The second kappa shape index (κ2) is 11.4. The lowest BCUT2D eigenvalue weighted by Crippen LogP contribution is -2.11. The summed E-state index contributed by atoms with van der Waals surface area (Å²) in [6, 6.07) is 14.7. The fourth-order valence-corrected chi connectivity index (χ4v) is 4.52. The Labute approximate surface area is 174 Å². The highest BCUT2D eigenvalue weighted by Gasteiger charge is 2.20. The molecule has 28 heavy (non-hydrogen) atoms. The van der Waals surface area contributed by atoms with E-state index in [-0.39, 0.29) is 0 Å². The van der Waals surface area contributed by atoms with E-state index in [1.54, 1.807) is 22.3 Å². The van der Waals surface area contributed by atoms with Crippen molar-refractivity contribution in [3.05, 3.63) is 69.8 Å². The molecule has 0 N–H and O–H groups in total. The van der Waals surface area contributed by atoms with Gasteiger partial charge in [0.1, 0.15) is 0 Å². The lowest BCUT2D eigenvalue weighted by molar-refractivity contribution is 0.562. The van der Waals surface area contributed by atoms with Crippen molar-refractivity contribution >= 4 is 0 Å². The smallest absolute Gasteiger partial charge is 0.0113 e. The summed E-state index contributed by atoms with van der Waals surface area (Å²) in [7, 11) is 0. The van der Waals surface area contributed by atoms with Crippen LogP contribution in [0, 0.1) is 5.92 Å². The highest BCUT2D eigenvalue weighted by Crippen LogP contribution is 2.34. The third kappa shape index (κ3) is 5.72. The first-order chi connectivity index (χ1) is 13.5. The zero-order valence-electron chi connectivity index (χ0n) is 19.3. The zero-order chi connectivity index (χ0) is 20.5. The molecule has 0 aliphatic rings. The van der Waals surface area contributed by atoms with E-state index in [4.69, 9.17) is 0 Å². The van der Waals surface area contributed by atoms with Crippen molar-refractivity contribution in [2.75, 3.05) is 0 Å². The van der Waals surface area contributed by atoms with Crippen LogP contribution in [0.25, 0.3) is 0 Å². The van der Waals surface area contributed by atoms with E-state index in [1.165, 1.54) is 49.7 Å². The fraction of sp³-hybridized carbons (Fsp3) is 0.571. The molecule has 0 aliphatic heterocycles. The van der Waals surface area contributed by atoms with Gasteiger partial charge in [-0.3, -0.25) is 0 Å². The van der Waals surface area contributed by atoms with Gasteiger partial charge in [0, 0.05) is 5.92 Å². The minimum atomic E-state index is 0.482. The van der Waals surface area contributed by atoms with Gasteiger partial charge >= 0.3 is 0 Å². The Bertz CT molecular complexity index is 663. The SMILES string of the molecule is CCCCc1ccc(C(c2ccc(CCCC)c(CC)c2)C(C)C)cc1CC. The molecule has 0 atom stereocenters. The third-order valence-corrected chi connectivity index (χ3v) is 6.21. The Kier molecular flexibility index (Phi) is 9.29. The van der Waals surface area contributed by atoms with Crippen LogP contribution in [0.1, 0.15) is 107 Å². The second-order valence-electron chi connectivity index (χ2n) is 8.69. The van der Waals surface area contributed by atoms with Gasteiger partial charge in [0.2, 0.25) is 0 Å². The van der Waals surface area contributed by atoms with Crippen LogP contribution in [0.2, 0.25) is 0 Å². The molecule has 0 amide bonds. The van der Waals surface area contributed by atoms with Gasteiger partial charge in [0.05, 0.1) is 0 Å². The molecule has 2 aromatic carbocycles. The number of hydrogen-bond acceptors (Lipinski definition) is 0. The molecule has 0 unspecified atom stereocenters. The monoisotopic (exact) mass is 378 g/mol. The van der Waals surface area contributed by atoms with E-state index >= 15 is 0 Å². The summed E-state index contributed by atoms with van der Waals surface area (Å²) < 4.78 is 0. The first kappa shape index (κ1) is 22.7. The molecule has 0 heterocycles. The van der Waals surface area contributed by atoms with Crippen LogP contribution in [0.4, 0.5) is 0 Å². The lowest BCUT2D eigenvalue weighted by atomic mass is 9.80. The van der Waals surface area contributed by atoms with Crippen LogP contribution >= 0.6 is 0 Å². The summed E-state index contributed by atoms with van der Waals surface area (Å²) in [5.74, 6) is 1.08. The molecule has 0 nitrogen and oxygen atoms in total. The van der Waals surface area contributed by atoms with Gasteiger partial charge in [-0.1, -0.05) is 90.8 Å². The van der Waals surface area contributed by atoms with Crippen LogP contribution in [0.5, 0.6) is 0 Å². The van der Waals surface area contributed by atoms with Crippen molar-refractivity contribution in [1.29, 1.82) is 0 Å². The van der Waals surface area contributed by atoms with Gasteiger partial charge in [-0.05, 0) is 77.8 Å². The summed E-state index contributed by atoms with van der Waals surface area (Å²) >= 11 is 0. The Hall–Kier alpha value is -1.56. The summed E-state index contributed by atoms with van der Waals surface area (Å²) in [6.07, 6.45) is 9.82. The topological polar surface area (TPSA) is 0 Å². The molecule has 0 aromatic heterocycles. The maximum Gasteiger partial charge on any atom is 0.0113 e. The van der Waals surface area contributed by atoms with Gasteiger partial charge in [-0.25, -0.2) is 0 Å². The molecule has 0 bridgehead atoms. The molecule has 0 saturated heterocycles. The zero-order valence-corrected chi connectivity index (χ0v) is 19.3. The van der Waals surface area contributed by atoms with Gasteiger partial charge in [-0.15, -0.1) is 0 Å². The van der Waals surface area contributed by atoms with Gasteiger partial charge < -0.3 is 0 Å². The van der Waals surface area contributed by atoms with Crippen molar-refractivity contribution in [2.45, 2.75) is 98.8 Å². The number of hydrogen-bond donors (Lipinski definition) is 0. The Morgan fingerprint density at radius 2 is 1.04 bits per heavy atom. The highest BCUT2D eigenvalue weighted by atomic mass is 14.2. The van der Waals surface area contributed by atoms with E-state index in [9.17, 15) is 0 Å². The quantitative estimate of drug-likeness (QED) is 0.369. The van der Waals surface area contributed by atoms with Crippen LogP contribution < -0.4 is 0 Å². The van der Waals surface area contributed by atoms with Crippen molar-refractivity contribution in [2.24, 2.45) is 5.92 Å². The van der Waals surface area contributed by atoms with Crippen LogP contribution in [0.3, 0.4) is 0 Å². The molecule has 2 rings (SSSR count). The maximum absolute atomic E-state index is 2.51. The Balaban J connectivity index is 2.40. The number of aryl methyl sites for hydroxylation is 4. The predicted molar refractivity (Wildman–Crippen MR) is 126 cm³/mol. The van der Waals surface area contributed by atoms with Crippen molar-refractivity contribution in [1.82, 2.24) is 0 Å². The lowest BCUT2D eigenvalue weighted by Gasteiger charge is -2.25. The molecule has 0 aliphatic carbocycles. The Morgan fingerprint density at radius 3 is 1.36 bits per heavy atom. The first-order valence-electron chi connectivity index (χ1n) is 11.8. The van der Waals surface area contributed by atoms with Gasteiger partial charge in [0.25, 0.3) is 0 Å². The molecule has 0 fully saturated rings. The third-order valence-electron chi connectivity index (χ3n) is 6.21. The van der Waals surface area contributed by atoms with Crippen LogP contribution in [-0.2, 0) is 25.7 Å². The molecule has 0 saturated carbocycles. The molecule has 2 aromatic rings. The Morgan fingerprint density at radius 1 is 0.607 bits per heavy atom. The summed E-state index contributed by atoms with van der Waals surface area (Å²) in [4.78, 5) is 0. The van der Waals surface area contributed by atoms with Crippen molar-refractivity contribution in [3.63, 3.8) is 0 Å². The highest BCUT2D eigenvalue weighted by molar-refractivity contribution is 5.42. The molecule has 0 heteroatoms. The van der Waals surface area contributed by atoms with E-state index in [2.05, 4.69) is 77.9 Å². The second-order valence-corrected chi connectivity index (χ2v) is 8.69. The van der Waals surface area contributed by atoms with E-state index in [1.807, 2.05) is 0 Å². The molecule has 0 spiro atoms. The number of benzene rings is 2. The largest absolute Gasteiger partial charge is 0.0654 e. The first-order valence-corrected chi connectivity index (χ1v) is 11.8. The van der Waals surface area contributed by atoms with Gasteiger partial charge in [0.15, 0.2) is 0 Å². The fourth-order valence-electron chi connectivity index (χ4n) is 4.52. The van der Waals surface area contributed by atoms with E-state index in [0.717, 1.165) is 12.8 Å². The molecular formula is C28H42. The average Bonchev–Trinajstić information content (AvgIpc) is 2.71. The van der Waals surface area contributed by atoms with Gasteiger partial charge in [-0.2, -0.15) is 0 Å². The molecular weight excluding hydrogens is 336 g/mol. The summed E-state index contributed by atoms with van der Waals surface area (Å²) in [5.41, 5.74) is 9.20. The normalized spacial score (nSPS) is 11.6. The van der Waals surface area contributed by atoms with Crippen LogP contribution in [0.15, 0.2) is 36.4 Å². The van der Waals surface area contributed by atoms with Crippen LogP contribution in [-0.4, -0.2) is 0 Å². The number of rotatable bonds is 11. The summed E-state index contributed by atoms with van der Waals surface area (Å²) in [5, 5.41) is 0. The maximum atomic E-state index is 2.51. The van der Waals surface area contributed by atoms with E-state index < -0.39 is 0 Å². The minimum Gasteiger partial charge on any atom is -0.0654 e. The summed E-state index contributed by atoms with van der Waals surface area (Å²) in [6.45, 7) is 13.9. The van der Waals surface area contributed by atoms with Crippen molar-refractivity contribution < 1.29 is 0 Å². The van der Waals surface area contributed by atoms with Crippen molar-refractivity contribution in [3.8, 4) is 0 Å². The molecule has 0 radical (unpaired) electrons. The average molecular weight is 379 g/mol. The standard InChI is InChI=1S/C28H42/c1-7-11-13-24-15-17-26(19-22(24)9-3)28(21(5)6)27-18-16-25(14-12-8-2)23(10-4)20-27/h15-21,28H,7-14H2,1-6H3. The minimum absolute atomic E-state index is 0.482. The predicted octanol–water partition coefficient (Wildman–Crippen LogP) is 8.28.